The number of halogens is 5. The average Bonchev–Trinajstić information content (AvgIpc) is 2.90. The summed E-state index contributed by atoms with van der Waals surface area (Å²) in [5, 5.41) is 1.71. The summed E-state index contributed by atoms with van der Waals surface area (Å²) in [4.78, 5) is 26.7. The Labute approximate surface area is 228 Å². The Morgan fingerprint density at radius 1 is 1.00 bits per heavy atom. The topological polar surface area (TPSA) is 86.8 Å². The fourth-order valence-electron chi connectivity index (χ4n) is 3.74. The molecule has 0 saturated heterocycles. The Morgan fingerprint density at radius 3 is 2.21 bits per heavy atom. The molecule has 0 radical (unpaired) electrons. The van der Waals surface area contributed by atoms with Crippen LogP contribution in [-0.2, 0) is 32.3 Å². The minimum atomic E-state index is -4.91. The number of carbonyl (C=O) groups is 2. The lowest BCUT2D eigenvalue weighted by atomic mass is 10.1. The average molecular weight is 586 g/mol. The van der Waals surface area contributed by atoms with Crippen LogP contribution in [0.1, 0.15) is 18.1 Å². The molecule has 39 heavy (non-hydrogen) atoms. The minimum Gasteiger partial charge on any atom is -0.357 e. The summed E-state index contributed by atoms with van der Waals surface area (Å²) in [5.74, 6) is -2.25. The first-order valence-corrected chi connectivity index (χ1v) is 13.3. The van der Waals surface area contributed by atoms with Crippen molar-refractivity contribution in [3.63, 3.8) is 0 Å². The molecule has 0 aromatic heterocycles. The second-order valence-corrected chi connectivity index (χ2v) is 10.7. The van der Waals surface area contributed by atoms with E-state index in [4.69, 9.17) is 11.6 Å². The second kappa shape index (κ2) is 12.0. The Kier molecular flexibility index (Phi) is 9.23. The Hall–Kier alpha value is -3.64. The molecule has 0 aliphatic carbocycles. The number of likely N-dealkylation sites (N-methyl/N-ethyl adjacent to an activating group) is 1. The number of carbonyl (C=O) groups excluding carboxylic acids is 2. The van der Waals surface area contributed by atoms with E-state index in [0.717, 1.165) is 23.1 Å². The summed E-state index contributed by atoms with van der Waals surface area (Å²) in [6.45, 7) is -0.0443. The number of benzene rings is 3. The van der Waals surface area contributed by atoms with E-state index in [1.165, 1.54) is 56.4 Å². The smallest absolute Gasteiger partial charge is 0.357 e. The van der Waals surface area contributed by atoms with E-state index in [2.05, 4.69) is 5.32 Å². The van der Waals surface area contributed by atoms with Gasteiger partial charge in [0.05, 0.1) is 21.2 Å². The van der Waals surface area contributed by atoms with Gasteiger partial charge in [-0.15, -0.1) is 0 Å². The molecular weight excluding hydrogens is 562 g/mol. The molecule has 7 nitrogen and oxygen atoms in total. The Bertz CT molecular complexity index is 1450. The van der Waals surface area contributed by atoms with Crippen molar-refractivity contribution in [2.45, 2.75) is 30.6 Å². The van der Waals surface area contributed by atoms with Crippen molar-refractivity contribution < 1.29 is 35.6 Å². The van der Waals surface area contributed by atoms with Crippen molar-refractivity contribution >= 4 is 39.1 Å². The molecule has 0 unspecified atom stereocenters. The van der Waals surface area contributed by atoms with Crippen LogP contribution < -0.4 is 9.62 Å². The van der Waals surface area contributed by atoms with Crippen LogP contribution in [0.2, 0.25) is 5.02 Å². The maximum atomic E-state index is 14.4. The third-order valence-corrected chi connectivity index (χ3v) is 7.98. The van der Waals surface area contributed by atoms with Gasteiger partial charge in [0.25, 0.3) is 10.0 Å². The molecule has 3 aromatic carbocycles. The van der Waals surface area contributed by atoms with Crippen LogP contribution in [0.4, 0.5) is 23.2 Å². The molecule has 0 heterocycles. The maximum Gasteiger partial charge on any atom is 0.417 e. The molecule has 13 heteroatoms. The molecule has 208 valence electrons. The molecule has 1 N–H and O–H groups in total. The van der Waals surface area contributed by atoms with Gasteiger partial charge < -0.3 is 10.2 Å². The van der Waals surface area contributed by atoms with Gasteiger partial charge in [-0.2, -0.15) is 13.2 Å². The van der Waals surface area contributed by atoms with E-state index in [0.29, 0.717) is 10.4 Å². The first-order valence-electron chi connectivity index (χ1n) is 11.5. The van der Waals surface area contributed by atoms with Gasteiger partial charge in [0, 0.05) is 19.2 Å². The predicted molar refractivity (Wildman–Crippen MR) is 138 cm³/mol. The van der Waals surface area contributed by atoms with E-state index < -0.39 is 69.2 Å². The van der Waals surface area contributed by atoms with Gasteiger partial charge in [-0.3, -0.25) is 13.9 Å². The second-order valence-electron chi connectivity index (χ2n) is 8.39. The zero-order valence-corrected chi connectivity index (χ0v) is 22.3. The normalized spacial score (nSPS) is 12.5. The molecule has 0 fully saturated rings. The maximum absolute atomic E-state index is 14.4. The number of hydrogen-bond acceptors (Lipinski definition) is 4. The molecule has 1 atom stereocenters. The fraction of sp³-hybridized carbons (Fsp3) is 0.231. The summed E-state index contributed by atoms with van der Waals surface area (Å²) in [5.41, 5.74) is -1.74. The fourth-order valence-corrected chi connectivity index (χ4v) is 5.39. The highest BCUT2D eigenvalue weighted by atomic mass is 35.5. The van der Waals surface area contributed by atoms with Gasteiger partial charge in [0.1, 0.15) is 18.4 Å². The van der Waals surface area contributed by atoms with Crippen molar-refractivity contribution in [2.75, 3.05) is 17.9 Å². The van der Waals surface area contributed by atoms with E-state index in [1.54, 1.807) is 6.07 Å². The highest BCUT2D eigenvalue weighted by molar-refractivity contribution is 7.92. The lowest BCUT2D eigenvalue weighted by Crippen LogP contribution is -2.50. The van der Waals surface area contributed by atoms with Crippen molar-refractivity contribution in [1.82, 2.24) is 10.2 Å². The van der Waals surface area contributed by atoms with Crippen molar-refractivity contribution in [3.05, 3.63) is 94.8 Å². The number of rotatable bonds is 9. The minimum absolute atomic E-state index is 0.0462. The van der Waals surface area contributed by atoms with Crippen LogP contribution in [0.5, 0.6) is 0 Å². The zero-order valence-electron chi connectivity index (χ0n) is 20.7. The molecule has 0 aliphatic heterocycles. The summed E-state index contributed by atoms with van der Waals surface area (Å²) < 4.78 is 83.0. The summed E-state index contributed by atoms with van der Waals surface area (Å²) >= 11 is 5.73. The SMILES string of the molecule is CNC(=O)[C@@H](C)N(Cc1ccccc1F)C(=O)CN(c1ccc(Cl)c(C(F)(F)F)c1)S(=O)(=O)c1ccccc1. The largest absolute Gasteiger partial charge is 0.417 e. The van der Waals surface area contributed by atoms with Crippen LogP contribution in [0.25, 0.3) is 0 Å². The third-order valence-electron chi connectivity index (χ3n) is 5.87. The molecule has 3 rings (SSSR count). The lowest BCUT2D eigenvalue weighted by molar-refractivity contribution is -0.139. The molecule has 2 amide bonds. The first kappa shape index (κ1) is 29.9. The summed E-state index contributed by atoms with van der Waals surface area (Å²) in [7, 11) is -3.27. The van der Waals surface area contributed by atoms with Gasteiger partial charge in [-0.1, -0.05) is 48.0 Å². The highest BCUT2D eigenvalue weighted by Crippen LogP contribution is 2.38. The van der Waals surface area contributed by atoms with Gasteiger partial charge >= 0.3 is 6.18 Å². The number of sulfonamides is 1. The van der Waals surface area contributed by atoms with E-state index >= 15 is 0 Å². The van der Waals surface area contributed by atoms with Gasteiger partial charge in [0.15, 0.2) is 0 Å². The third kappa shape index (κ3) is 6.87. The summed E-state index contributed by atoms with van der Waals surface area (Å²) in [6.07, 6.45) is -4.91. The van der Waals surface area contributed by atoms with Crippen molar-refractivity contribution in [3.8, 4) is 0 Å². The highest BCUT2D eigenvalue weighted by Gasteiger charge is 2.37. The number of nitrogens with zero attached hydrogens (tertiary/aromatic N) is 2. The number of amides is 2. The predicted octanol–water partition coefficient (Wildman–Crippen LogP) is 4.86. The zero-order chi connectivity index (χ0) is 29.0. The van der Waals surface area contributed by atoms with Gasteiger partial charge in [-0.25, -0.2) is 12.8 Å². The van der Waals surface area contributed by atoms with Crippen LogP contribution in [0.3, 0.4) is 0 Å². The number of anilines is 1. The van der Waals surface area contributed by atoms with Crippen LogP contribution in [-0.4, -0.2) is 44.8 Å². The number of nitrogens with one attached hydrogen (secondary N) is 1. The molecular formula is C26H24ClF4N3O4S. The Morgan fingerprint density at radius 2 is 1.62 bits per heavy atom. The molecule has 0 aliphatic rings. The van der Waals surface area contributed by atoms with Crippen LogP contribution >= 0.6 is 11.6 Å². The van der Waals surface area contributed by atoms with Crippen LogP contribution in [0, 0.1) is 5.82 Å². The van der Waals surface area contributed by atoms with Crippen molar-refractivity contribution in [1.29, 1.82) is 0 Å². The van der Waals surface area contributed by atoms with Gasteiger partial charge in [0.2, 0.25) is 11.8 Å². The summed E-state index contributed by atoms with van der Waals surface area (Å²) in [6, 6.07) is 13.6. The van der Waals surface area contributed by atoms with Gasteiger partial charge in [-0.05, 0) is 43.3 Å². The lowest BCUT2D eigenvalue weighted by Gasteiger charge is -2.32. The first-order chi connectivity index (χ1) is 18.3. The monoisotopic (exact) mass is 585 g/mol. The number of alkyl halides is 3. The van der Waals surface area contributed by atoms with Crippen molar-refractivity contribution in [2.24, 2.45) is 0 Å². The van der Waals surface area contributed by atoms with E-state index in [9.17, 15) is 35.6 Å². The molecule has 0 bridgehead atoms. The molecule has 0 saturated carbocycles. The quantitative estimate of drug-likeness (QED) is 0.364. The molecule has 0 spiro atoms. The van der Waals surface area contributed by atoms with E-state index in [1.807, 2.05) is 0 Å². The standard InChI is InChI=1S/C26H24ClF4N3O4S/c1-17(25(36)32-2)33(15-18-8-6-7-11-23(18)28)24(35)16-34(39(37,38)20-9-4-3-5-10-20)19-12-13-22(27)21(14-19)26(29,30)31/h3-14,17H,15-16H2,1-2H3,(H,32,36)/t17-/m1/s1. The number of hydrogen-bond donors (Lipinski definition) is 1. The van der Waals surface area contributed by atoms with E-state index in [-0.39, 0.29) is 10.5 Å². The molecule has 3 aromatic rings. The van der Waals surface area contributed by atoms with Crippen LogP contribution in [0.15, 0.2) is 77.7 Å². The Balaban J connectivity index is 2.12.